The molecule has 0 aliphatic carbocycles. The lowest BCUT2D eigenvalue weighted by Gasteiger charge is -2.36. The normalized spacial score (nSPS) is 14.3. The van der Waals surface area contributed by atoms with Crippen LogP contribution in [0.4, 0.5) is 5.69 Å². The molecule has 4 heterocycles. The zero-order valence-corrected chi connectivity index (χ0v) is 20.7. The summed E-state index contributed by atoms with van der Waals surface area (Å²) in [5.74, 6) is 1.52. The number of thiophene rings is 1. The number of rotatable bonds is 9. The molecule has 1 saturated heterocycles. The molecule has 0 spiro atoms. The number of carbonyl (C=O) groups excluding carboxylic acids is 1. The van der Waals surface area contributed by atoms with Gasteiger partial charge < -0.3 is 14.5 Å². The van der Waals surface area contributed by atoms with E-state index in [4.69, 9.17) is 4.74 Å². The van der Waals surface area contributed by atoms with Crippen LogP contribution in [0, 0.1) is 0 Å². The van der Waals surface area contributed by atoms with Crippen molar-refractivity contribution < 1.29 is 9.53 Å². The van der Waals surface area contributed by atoms with Crippen molar-refractivity contribution in [2.75, 3.05) is 44.8 Å². The average molecular weight is 495 g/mol. The van der Waals surface area contributed by atoms with Gasteiger partial charge in [-0.3, -0.25) is 18.6 Å². The van der Waals surface area contributed by atoms with Crippen LogP contribution < -0.4 is 10.5 Å². The maximum Gasteiger partial charge on any atom is 0.272 e. The highest BCUT2D eigenvalue weighted by molar-refractivity contribution is 7.17. The number of nitrogens with zero attached hydrogens (tertiary/aromatic N) is 6. The number of amides is 1. The minimum atomic E-state index is -0.0395. The van der Waals surface area contributed by atoms with Crippen LogP contribution >= 0.6 is 11.3 Å². The quantitative estimate of drug-likeness (QED) is 0.333. The Morgan fingerprint density at radius 1 is 1.06 bits per heavy atom. The molecular formula is C25H30N6O3S. The second-order valence-corrected chi connectivity index (χ2v) is 9.66. The van der Waals surface area contributed by atoms with Gasteiger partial charge in [0.25, 0.3) is 5.56 Å². The molecule has 10 heteroatoms. The lowest BCUT2D eigenvalue weighted by molar-refractivity contribution is -0.131. The van der Waals surface area contributed by atoms with Crippen LogP contribution in [0.25, 0.3) is 16.0 Å². The van der Waals surface area contributed by atoms with Gasteiger partial charge in [-0.2, -0.15) is 0 Å². The third-order valence-corrected chi connectivity index (χ3v) is 7.45. The number of aromatic nitrogens is 4. The van der Waals surface area contributed by atoms with E-state index in [0.29, 0.717) is 42.9 Å². The van der Waals surface area contributed by atoms with Crippen molar-refractivity contribution in [2.24, 2.45) is 0 Å². The number of para-hydroxylation sites is 1. The average Bonchev–Trinajstić information content (AvgIpc) is 3.54. The van der Waals surface area contributed by atoms with Gasteiger partial charge in [-0.25, -0.2) is 0 Å². The number of carbonyl (C=O) groups is 1. The van der Waals surface area contributed by atoms with Crippen LogP contribution in [-0.2, 0) is 22.5 Å². The van der Waals surface area contributed by atoms with Crippen LogP contribution in [0.1, 0.15) is 25.1 Å². The van der Waals surface area contributed by atoms with E-state index in [2.05, 4.69) is 27.2 Å². The number of hydrogen-bond acceptors (Lipinski definition) is 7. The molecule has 0 saturated carbocycles. The lowest BCUT2D eigenvalue weighted by atomic mass is 10.2. The van der Waals surface area contributed by atoms with E-state index in [0.717, 1.165) is 43.9 Å². The fraction of sp³-hybridized carbons (Fsp3) is 0.440. The summed E-state index contributed by atoms with van der Waals surface area (Å²) in [5, 5.41) is 10.7. The van der Waals surface area contributed by atoms with E-state index in [1.165, 1.54) is 17.0 Å². The second kappa shape index (κ2) is 10.6. The molecule has 0 atom stereocenters. The first-order valence-electron chi connectivity index (χ1n) is 12.1. The summed E-state index contributed by atoms with van der Waals surface area (Å²) in [6.45, 7) is 4.28. The topological polar surface area (TPSA) is 85.0 Å². The number of methoxy groups -OCH3 is 1. The molecule has 4 aromatic rings. The number of ether oxygens (including phenoxy) is 1. The first kappa shape index (κ1) is 23.5. The Hall–Kier alpha value is -3.24. The summed E-state index contributed by atoms with van der Waals surface area (Å²) in [7, 11) is 1.65. The standard InChI is InChI=1S/C25H30N6O3S/c1-34-17-6-12-30-24(33)23-20(11-18-35-23)31-21(26-27-25(30)31)9-5-10-22(32)29-15-13-28(14-16-29)19-7-3-2-4-8-19/h2-4,7-8,11,18H,5-6,9-10,12-17H2,1H3. The molecular weight excluding hydrogens is 464 g/mol. The van der Waals surface area contributed by atoms with Gasteiger partial charge in [0.2, 0.25) is 11.7 Å². The van der Waals surface area contributed by atoms with Crippen molar-refractivity contribution in [1.29, 1.82) is 0 Å². The van der Waals surface area contributed by atoms with Gasteiger partial charge in [-0.1, -0.05) is 18.2 Å². The van der Waals surface area contributed by atoms with Crippen molar-refractivity contribution >= 4 is 38.9 Å². The number of aryl methyl sites for hydroxylation is 2. The highest BCUT2D eigenvalue weighted by Gasteiger charge is 2.22. The predicted octanol–water partition coefficient (Wildman–Crippen LogP) is 2.81. The van der Waals surface area contributed by atoms with Crippen LogP contribution in [0.15, 0.2) is 46.6 Å². The zero-order valence-electron chi connectivity index (χ0n) is 19.9. The van der Waals surface area contributed by atoms with E-state index in [1.54, 1.807) is 11.7 Å². The molecule has 9 nitrogen and oxygen atoms in total. The van der Waals surface area contributed by atoms with Crippen molar-refractivity contribution in [2.45, 2.75) is 32.2 Å². The molecule has 184 valence electrons. The second-order valence-electron chi connectivity index (χ2n) is 8.75. The summed E-state index contributed by atoms with van der Waals surface area (Å²) < 4.78 is 9.51. The molecule has 1 aliphatic heterocycles. The Labute approximate surface area is 207 Å². The monoisotopic (exact) mass is 494 g/mol. The number of hydrogen-bond donors (Lipinski definition) is 0. The van der Waals surface area contributed by atoms with E-state index in [1.807, 2.05) is 38.9 Å². The Morgan fingerprint density at radius 3 is 2.63 bits per heavy atom. The van der Waals surface area contributed by atoms with Gasteiger partial charge in [0.05, 0.1) is 5.52 Å². The van der Waals surface area contributed by atoms with E-state index < -0.39 is 0 Å². The summed E-state index contributed by atoms with van der Waals surface area (Å²) in [4.78, 5) is 30.1. The fourth-order valence-corrected chi connectivity index (χ4v) is 5.54. The molecule has 0 bridgehead atoms. The zero-order chi connectivity index (χ0) is 24.2. The van der Waals surface area contributed by atoms with E-state index in [-0.39, 0.29) is 11.5 Å². The SMILES string of the molecule is COCCCn1c(=O)c2sccc2n2c(CCCC(=O)N3CCN(c4ccccc4)CC3)nnc12. The number of fused-ring (bicyclic) bond motifs is 3. The molecule has 35 heavy (non-hydrogen) atoms. The predicted molar refractivity (Wildman–Crippen MR) is 137 cm³/mol. The smallest absolute Gasteiger partial charge is 0.272 e. The van der Waals surface area contributed by atoms with Gasteiger partial charge in [0.1, 0.15) is 10.5 Å². The van der Waals surface area contributed by atoms with E-state index >= 15 is 0 Å². The highest BCUT2D eigenvalue weighted by Crippen LogP contribution is 2.21. The molecule has 5 rings (SSSR count). The molecule has 0 radical (unpaired) electrons. The van der Waals surface area contributed by atoms with Crippen molar-refractivity contribution in [1.82, 2.24) is 24.1 Å². The van der Waals surface area contributed by atoms with Gasteiger partial charge in [-0.05, 0) is 36.4 Å². The Balaban J connectivity index is 1.24. The van der Waals surface area contributed by atoms with Crippen LogP contribution in [0.2, 0.25) is 0 Å². The highest BCUT2D eigenvalue weighted by atomic mass is 32.1. The van der Waals surface area contributed by atoms with Crippen molar-refractivity contribution in [3.8, 4) is 0 Å². The van der Waals surface area contributed by atoms with Gasteiger partial charge >= 0.3 is 0 Å². The van der Waals surface area contributed by atoms with Gasteiger partial charge in [0.15, 0.2) is 0 Å². The maximum absolute atomic E-state index is 13.0. The molecule has 0 unspecified atom stereocenters. The van der Waals surface area contributed by atoms with Crippen LogP contribution in [0.5, 0.6) is 0 Å². The Kier molecular flexibility index (Phi) is 7.10. The molecule has 1 aliphatic rings. The molecule has 3 aromatic heterocycles. The van der Waals surface area contributed by atoms with Crippen molar-refractivity contribution in [3.63, 3.8) is 0 Å². The largest absolute Gasteiger partial charge is 0.385 e. The summed E-state index contributed by atoms with van der Waals surface area (Å²) in [6, 6.07) is 12.3. The third-order valence-electron chi connectivity index (χ3n) is 6.55. The number of anilines is 1. The Morgan fingerprint density at radius 2 is 1.86 bits per heavy atom. The fourth-order valence-electron chi connectivity index (χ4n) is 4.72. The summed E-state index contributed by atoms with van der Waals surface area (Å²) in [6.07, 6.45) is 2.50. The molecule has 1 fully saturated rings. The molecule has 1 amide bonds. The number of benzene rings is 1. The van der Waals surface area contributed by atoms with E-state index in [9.17, 15) is 9.59 Å². The third kappa shape index (κ3) is 4.81. The maximum atomic E-state index is 13.0. The van der Waals surface area contributed by atoms with Crippen LogP contribution in [0.3, 0.4) is 0 Å². The van der Waals surface area contributed by atoms with Crippen molar-refractivity contribution in [3.05, 3.63) is 58.0 Å². The number of piperazine rings is 1. The van der Waals surface area contributed by atoms with Gasteiger partial charge in [-0.15, -0.1) is 21.5 Å². The lowest BCUT2D eigenvalue weighted by Crippen LogP contribution is -2.48. The van der Waals surface area contributed by atoms with Crippen LogP contribution in [-0.4, -0.2) is 69.9 Å². The Bertz CT molecular complexity index is 1350. The first-order valence-corrected chi connectivity index (χ1v) is 13.0. The first-order chi connectivity index (χ1) is 17.2. The summed E-state index contributed by atoms with van der Waals surface area (Å²) >= 11 is 1.43. The van der Waals surface area contributed by atoms with Gasteiger partial charge in [0, 0.05) is 65.0 Å². The summed E-state index contributed by atoms with van der Waals surface area (Å²) in [5.41, 5.74) is 2.00. The minimum Gasteiger partial charge on any atom is -0.385 e. The molecule has 0 N–H and O–H groups in total. The minimum absolute atomic E-state index is 0.0395. The molecule has 1 aromatic carbocycles.